The SMILES string of the molecule is Cc1ncc(S(=O)(=O)NCc2cccc(Br)c2)[nH]1. The van der Waals surface area contributed by atoms with E-state index >= 15 is 0 Å². The van der Waals surface area contributed by atoms with Gasteiger partial charge in [-0.3, -0.25) is 0 Å². The van der Waals surface area contributed by atoms with Gasteiger partial charge in [-0.25, -0.2) is 18.1 Å². The van der Waals surface area contributed by atoms with Gasteiger partial charge in [0.15, 0.2) is 5.03 Å². The van der Waals surface area contributed by atoms with Gasteiger partial charge >= 0.3 is 0 Å². The molecule has 0 fully saturated rings. The highest BCUT2D eigenvalue weighted by Crippen LogP contribution is 2.12. The van der Waals surface area contributed by atoms with Crippen molar-refractivity contribution in [3.05, 3.63) is 46.3 Å². The molecule has 2 rings (SSSR count). The number of hydrogen-bond donors (Lipinski definition) is 2. The van der Waals surface area contributed by atoms with Crippen molar-refractivity contribution in [1.82, 2.24) is 14.7 Å². The standard InChI is InChI=1S/C11H12BrN3O2S/c1-8-13-7-11(15-8)18(16,17)14-6-9-3-2-4-10(12)5-9/h2-5,7,14H,6H2,1H3,(H,13,15). The minimum Gasteiger partial charge on any atom is -0.332 e. The smallest absolute Gasteiger partial charge is 0.257 e. The minimum absolute atomic E-state index is 0.0787. The van der Waals surface area contributed by atoms with Crippen LogP contribution in [0.2, 0.25) is 0 Å². The summed E-state index contributed by atoms with van der Waals surface area (Å²) in [6, 6.07) is 7.45. The molecule has 1 aromatic heterocycles. The number of imidazole rings is 1. The summed E-state index contributed by atoms with van der Waals surface area (Å²) in [6.45, 7) is 1.94. The van der Waals surface area contributed by atoms with E-state index < -0.39 is 10.0 Å². The number of benzene rings is 1. The van der Waals surface area contributed by atoms with E-state index in [0.717, 1.165) is 10.0 Å². The highest BCUT2D eigenvalue weighted by molar-refractivity contribution is 9.10. The van der Waals surface area contributed by atoms with E-state index in [1.807, 2.05) is 24.3 Å². The van der Waals surface area contributed by atoms with Gasteiger partial charge in [-0.1, -0.05) is 28.1 Å². The fourth-order valence-corrected chi connectivity index (χ4v) is 2.87. The summed E-state index contributed by atoms with van der Waals surface area (Å²) in [5, 5.41) is 0.0787. The first kappa shape index (κ1) is 13.3. The predicted octanol–water partition coefficient (Wildman–Crippen LogP) is 1.96. The van der Waals surface area contributed by atoms with E-state index in [-0.39, 0.29) is 11.6 Å². The lowest BCUT2D eigenvalue weighted by molar-refractivity contribution is 0.578. The number of H-pyrrole nitrogens is 1. The van der Waals surface area contributed by atoms with Gasteiger partial charge in [-0.2, -0.15) is 0 Å². The molecule has 0 unspecified atom stereocenters. The van der Waals surface area contributed by atoms with E-state index in [1.54, 1.807) is 6.92 Å². The van der Waals surface area contributed by atoms with Crippen LogP contribution in [0.25, 0.3) is 0 Å². The number of sulfonamides is 1. The monoisotopic (exact) mass is 329 g/mol. The Labute approximate surface area is 114 Å². The summed E-state index contributed by atoms with van der Waals surface area (Å²) >= 11 is 3.34. The lowest BCUT2D eigenvalue weighted by atomic mass is 10.2. The molecule has 2 aromatic rings. The van der Waals surface area contributed by atoms with Crippen molar-refractivity contribution in [3.63, 3.8) is 0 Å². The first-order valence-corrected chi connectivity index (χ1v) is 7.51. The summed E-state index contributed by atoms with van der Waals surface area (Å²) in [5.41, 5.74) is 0.879. The molecule has 0 aliphatic rings. The maximum absolute atomic E-state index is 11.9. The summed E-state index contributed by atoms with van der Waals surface area (Å²) in [4.78, 5) is 6.56. The minimum atomic E-state index is -3.53. The van der Waals surface area contributed by atoms with Crippen molar-refractivity contribution in [2.45, 2.75) is 18.5 Å². The molecule has 0 radical (unpaired) electrons. The lowest BCUT2D eigenvalue weighted by Gasteiger charge is -2.05. The van der Waals surface area contributed by atoms with Gasteiger partial charge < -0.3 is 4.98 Å². The number of nitrogens with one attached hydrogen (secondary N) is 2. The molecule has 1 aromatic carbocycles. The molecule has 0 bridgehead atoms. The number of rotatable bonds is 4. The van der Waals surface area contributed by atoms with Gasteiger partial charge in [-0.05, 0) is 24.6 Å². The Morgan fingerprint density at radius 3 is 2.83 bits per heavy atom. The van der Waals surface area contributed by atoms with Crippen LogP contribution in [0.15, 0.2) is 40.0 Å². The van der Waals surface area contributed by atoms with Crippen LogP contribution < -0.4 is 4.72 Å². The number of aromatic nitrogens is 2. The van der Waals surface area contributed by atoms with Crippen molar-refractivity contribution in [1.29, 1.82) is 0 Å². The molecule has 5 nitrogen and oxygen atoms in total. The molecule has 0 saturated heterocycles. The zero-order valence-electron chi connectivity index (χ0n) is 9.64. The summed E-state index contributed by atoms with van der Waals surface area (Å²) < 4.78 is 27.2. The third-order valence-electron chi connectivity index (χ3n) is 2.32. The number of hydrogen-bond acceptors (Lipinski definition) is 3. The highest BCUT2D eigenvalue weighted by Gasteiger charge is 2.15. The van der Waals surface area contributed by atoms with Crippen LogP contribution in [0.1, 0.15) is 11.4 Å². The van der Waals surface area contributed by atoms with Gasteiger partial charge in [0.25, 0.3) is 10.0 Å². The summed E-state index contributed by atoms with van der Waals surface area (Å²) in [7, 11) is -3.53. The molecule has 0 aliphatic heterocycles. The molecule has 0 aliphatic carbocycles. The Balaban J connectivity index is 2.10. The average molecular weight is 330 g/mol. The molecule has 0 spiro atoms. The number of nitrogens with zero attached hydrogens (tertiary/aromatic N) is 1. The Morgan fingerprint density at radius 2 is 2.22 bits per heavy atom. The van der Waals surface area contributed by atoms with Crippen LogP contribution in [0.3, 0.4) is 0 Å². The normalized spacial score (nSPS) is 11.7. The summed E-state index contributed by atoms with van der Waals surface area (Å²) in [5.74, 6) is 0.567. The lowest BCUT2D eigenvalue weighted by Crippen LogP contribution is -2.23. The summed E-state index contributed by atoms with van der Waals surface area (Å²) in [6.07, 6.45) is 1.30. The third kappa shape index (κ3) is 3.18. The van der Waals surface area contributed by atoms with Crippen LogP contribution in [0, 0.1) is 6.92 Å². The second kappa shape index (κ2) is 5.21. The van der Waals surface area contributed by atoms with Crippen LogP contribution in [-0.4, -0.2) is 18.4 Å². The molecule has 1 heterocycles. The zero-order chi connectivity index (χ0) is 13.2. The third-order valence-corrected chi connectivity index (χ3v) is 4.13. The van der Waals surface area contributed by atoms with E-state index in [9.17, 15) is 8.42 Å². The Bertz CT molecular complexity index is 652. The Morgan fingerprint density at radius 1 is 1.44 bits per heavy atom. The van der Waals surface area contributed by atoms with Gasteiger partial charge in [0.05, 0.1) is 6.20 Å². The molecule has 96 valence electrons. The maximum atomic E-state index is 11.9. The Kier molecular flexibility index (Phi) is 3.84. The first-order chi connectivity index (χ1) is 8.47. The molecule has 18 heavy (non-hydrogen) atoms. The van der Waals surface area contributed by atoms with Gasteiger partial charge in [0.1, 0.15) is 5.82 Å². The molecular formula is C11H12BrN3O2S. The molecule has 0 amide bonds. The predicted molar refractivity (Wildman–Crippen MR) is 71.5 cm³/mol. The van der Waals surface area contributed by atoms with E-state index in [1.165, 1.54) is 6.20 Å². The van der Waals surface area contributed by atoms with E-state index in [4.69, 9.17) is 0 Å². The van der Waals surface area contributed by atoms with E-state index in [2.05, 4.69) is 30.6 Å². The van der Waals surface area contributed by atoms with Crippen molar-refractivity contribution in [2.24, 2.45) is 0 Å². The quantitative estimate of drug-likeness (QED) is 0.900. The largest absolute Gasteiger partial charge is 0.332 e. The van der Waals surface area contributed by atoms with Crippen molar-refractivity contribution < 1.29 is 8.42 Å². The second-order valence-corrected chi connectivity index (χ2v) is 6.44. The maximum Gasteiger partial charge on any atom is 0.257 e. The van der Waals surface area contributed by atoms with Gasteiger partial charge in [0.2, 0.25) is 0 Å². The van der Waals surface area contributed by atoms with Gasteiger partial charge in [-0.15, -0.1) is 0 Å². The van der Waals surface area contributed by atoms with Crippen molar-refractivity contribution >= 4 is 26.0 Å². The molecule has 7 heteroatoms. The number of aryl methyl sites for hydroxylation is 1. The van der Waals surface area contributed by atoms with Gasteiger partial charge in [0, 0.05) is 11.0 Å². The Hall–Kier alpha value is -1.18. The first-order valence-electron chi connectivity index (χ1n) is 5.23. The fourth-order valence-electron chi connectivity index (χ4n) is 1.44. The van der Waals surface area contributed by atoms with E-state index in [0.29, 0.717) is 5.82 Å². The molecule has 0 saturated carbocycles. The topological polar surface area (TPSA) is 74.8 Å². The fraction of sp³-hybridized carbons (Fsp3) is 0.182. The van der Waals surface area contributed by atoms with Crippen LogP contribution in [-0.2, 0) is 16.6 Å². The van der Waals surface area contributed by atoms with Crippen LogP contribution in [0.4, 0.5) is 0 Å². The second-order valence-electron chi connectivity index (χ2n) is 3.79. The van der Waals surface area contributed by atoms with Crippen molar-refractivity contribution in [3.8, 4) is 0 Å². The van der Waals surface area contributed by atoms with Crippen molar-refractivity contribution in [2.75, 3.05) is 0 Å². The highest BCUT2D eigenvalue weighted by atomic mass is 79.9. The number of halogens is 1. The molecule has 2 N–H and O–H groups in total. The molecule has 0 atom stereocenters. The van der Waals surface area contributed by atoms with Crippen LogP contribution in [0.5, 0.6) is 0 Å². The molecular weight excluding hydrogens is 318 g/mol. The van der Waals surface area contributed by atoms with Crippen LogP contribution >= 0.6 is 15.9 Å². The number of aromatic amines is 1. The zero-order valence-corrected chi connectivity index (χ0v) is 12.0. The average Bonchev–Trinajstić information content (AvgIpc) is 2.74.